The largest absolute Gasteiger partial charge is 0.493 e. The second-order valence-corrected chi connectivity index (χ2v) is 9.27. The molecule has 0 N–H and O–H groups in total. The maximum atomic E-state index is 12.4. The molecule has 1 atom stereocenters. The van der Waals surface area contributed by atoms with Crippen molar-refractivity contribution in [2.75, 3.05) is 20.3 Å². The number of nitrogens with zero attached hydrogens (tertiary/aromatic N) is 2. The SMILES string of the molecule is COC(=O)C1(C)CCCCN1Cc1ccc(OCCc2nc(-c3ccc(C)cc3)oc2C)cc1. The third-order valence-electron chi connectivity index (χ3n) is 6.76. The number of aryl methyl sites for hydroxylation is 2. The molecule has 6 heteroatoms. The molecule has 0 saturated carbocycles. The van der Waals surface area contributed by atoms with E-state index >= 15 is 0 Å². The van der Waals surface area contributed by atoms with Gasteiger partial charge in [0.05, 0.1) is 19.4 Å². The van der Waals surface area contributed by atoms with E-state index in [9.17, 15) is 4.79 Å². The van der Waals surface area contributed by atoms with Crippen molar-refractivity contribution in [2.45, 2.75) is 58.5 Å². The van der Waals surface area contributed by atoms with Crippen molar-refractivity contribution in [3.05, 3.63) is 71.1 Å². The fourth-order valence-electron chi connectivity index (χ4n) is 4.54. The Kier molecular flexibility index (Phi) is 7.37. The zero-order chi connectivity index (χ0) is 24.1. The van der Waals surface area contributed by atoms with Gasteiger partial charge in [0.25, 0.3) is 0 Å². The van der Waals surface area contributed by atoms with Crippen LogP contribution in [0.1, 0.15) is 48.8 Å². The highest BCUT2D eigenvalue weighted by atomic mass is 16.5. The topological polar surface area (TPSA) is 64.8 Å². The zero-order valence-electron chi connectivity index (χ0n) is 20.6. The quantitative estimate of drug-likeness (QED) is 0.412. The Morgan fingerprint density at radius 1 is 1.09 bits per heavy atom. The molecule has 1 aliphatic heterocycles. The summed E-state index contributed by atoms with van der Waals surface area (Å²) in [6.07, 6.45) is 3.65. The van der Waals surface area contributed by atoms with Gasteiger partial charge in [0, 0.05) is 18.5 Å². The predicted octanol–water partition coefficient (Wildman–Crippen LogP) is 5.50. The number of piperidine rings is 1. The zero-order valence-corrected chi connectivity index (χ0v) is 20.6. The summed E-state index contributed by atoms with van der Waals surface area (Å²) in [4.78, 5) is 19.3. The Balaban J connectivity index is 1.32. The molecule has 180 valence electrons. The van der Waals surface area contributed by atoms with Crippen LogP contribution in [0.3, 0.4) is 0 Å². The number of esters is 1. The van der Waals surface area contributed by atoms with Crippen LogP contribution in [0.4, 0.5) is 0 Å². The lowest BCUT2D eigenvalue weighted by molar-refractivity contribution is -0.157. The van der Waals surface area contributed by atoms with E-state index in [2.05, 4.69) is 41.1 Å². The fourth-order valence-corrected chi connectivity index (χ4v) is 4.54. The number of carbonyl (C=O) groups is 1. The number of oxazole rings is 1. The first-order valence-corrected chi connectivity index (χ1v) is 12.0. The van der Waals surface area contributed by atoms with Crippen molar-refractivity contribution in [3.8, 4) is 17.2 Å². The molecule has 0 aliphatic carbocycles. The first-order chi connectivity index (χ1) is 16.4. The van der Waals surface area contributed by atoms with Crippen LogP contribution in [0, 0.1) is 13.8 Å². The molecule has 0 bridgehead atoms. The van der Waals surface area contributed by atoms with Gasteiger partial charge in [-0.2, -0.15) is 0 Å². The van der Waals surface area contributed by atoms with Gasteiger partial charge in [0.1, 0.15) is 17.0 Å². The Morgan fingerprint density at radius 2 is 1.82 bits per heavy atom. The first kappa shape index (κ1) is 24.0. The van der Waals surface area contributed by atoms with Crippen molar-refractivity contribution in [1.82, 2.24) is 9.88 Å². The molecule has 0 radical (unpaired) electrons. The standard InChI is InChI=1S/C28H34N2O4/c1-20-7-11-23(12-8-20)26-29-25(21(2)34-26)15-18-33-24-13-9-22(10-14-24)19-30-17-6-5-16-28(30,3)27(31)32-4/h7-14H,5-6,15-19H2,1-4H3. The number of methoxy groups -OCH3 is 1. The third-order valence-corrected chi connectivity index (χ3v) is 6.76. The number of benzene rings is 2. The minimum atomic E-state index is -0.560. The fraction of sp³-hybridized carbons (Fsp3) is 0.429. The number of rotatable bonds is 8. The van der Waals surface area contributed by atoms with E-state index in [1.54, 1.807) is 0 Å². The van der Waals surface area contributed by atoms with Crippen LogP contribution in [0.25, 0.3) is 11.5 Å². The van der Waals surface area contributed by atoms with E-state index in [0.717, 1.165) is 54.1 Å². The minimum absolute atomic E-state index is 0.152. The lowest BCUT2D eigenvalue weighted by Crippen LogP contribution is -2.55. The smallest absolute Gasteiger partial charge is 0.325 e. The number of hydrogen-bond acceptors (Lipinski definition) is 6. The molecule has 34 heavy (non-hydrogen) atoms. The van der Waals surface area contributed by atoms with Gasteiger partial charge in [0.2, 0.25) is 5.89 Å². The van der Waals surface area contributed by atoms with Crippen LogP contribution >= 0.6 is 0 Å². The molecule has 1 saturated heterocycles. The molecule has 2 aromatic carbocycles. The number of ether oxygens (including phenoxy) is 2. The highest BCUT2D eigenvalue weighted by molar-refractivity contribution is 5.80. The maximum absolute atomic E-state index is 12.4. The monoisotopic (exact) mass is 462 g/mol. The summed E-state index contributed by atoms with van der Waals surface area (Å²) in [5.41, 5.74) is 3.70. The van der Waals surface area contributed by atoms with Crippen LogP contribution in [-0.4, -0.2) is 41.7 Å². The molecule has 1 fully saturated rings. The van der Waals surface area contributed by atoms with Gasteiger partial charge in [-0.25, -0.2) is 4.98 Å². The van der Waals surface area contributed by atoms with Gasteiger partial charge in [0.15, 0.2) is 0 Å². The highest BCUT2D eigenvalue weighted by Crippen LogP contribution is 2.31. The first-order valence-electron chi connectivity index (χ1n) is 12.0. The van der Waals surface area contributed by atoms with E-state index in [0.29, 0.717) is 25.5 Å². The average molecular weight is 463 g/mol. The molecule has 2 heterocycles. The van der Waals surface area contributed by atoms with Crippen molar-refractivity contribution in [1.29, 1.82) is 0 Å². The number of likely N-dealkylation sites (tertiary alicyclic amines) is 1. The molecule has 1 aromatic heterocycles. The number of aromatic nitrogens is 1. The predicted molar refractivity (Wildman–Crippen MR) is 132 cm³/mol. The number of carbonyl (C=O) groups excluding carboxylic acids is 1. The van der Waals surface area contributed by atoms with Crippen LogP contribution in [0.5, 0.6) is 5.75 Å². The van der Waals surface area contributed by atoms with E-state index in [1.165, 1.54) is 12.7 Å². The van der Waals surface area contributed by atoms with E-state index < -0.39 is 5.54 Å². The Morgan fingerprint density at radius 3 is 2.53 bits per heavy atom. The molecular weight excluding hydrogens is 428 g/mol. The summed E-state index contributed by atoms with van der Waals surface area (Å²) in [5.74, 6) is 2.14. The van der Waals surface area contributed by atoms with Gasteiger partial charge in [-0.15, -0.1) is 0 Å². The van der Waals surface area contributed by atoms with Gasteiger partial charge >= 0.3 is 5.97 Å². The minimum Gasteiger partial charge on any atom is -0.493 e. The van der Waals surface area contributed by atoms with Crippen LogP contribution in [0.15, 0.2) is 52.9 Å². The molecule has 4 rings (SSSR count). The Bertz CT molecular complexity index is 1100. The maximum Gasteiger partial charge on any atom is 0.325 e. The molecule has 1 aliphatic rings. The lowest BCUT2D eigenvalue weighted by Gasteiger charge is -2.42. The molecule has 6 nitrogen and oxygen atoms in total. The van der Waals surface area contributed by atoms with E-state index in [4.69, 9.17) is 13.9 Å². The summed E-state index contributed by atoms with van der Waals surface area (Å²) in [7, 11) is 1.47. The Labute approximate surface area is 201 Å². The molecule has 3 aromatic rings. The number of hydrogen-bond donors (Lipinski definition) is 0. The van der Waals surface area contributed by atoms with Crippen LogP contribution < -0.4 is 4.74 Å². The normalized spacial score (nSPS) is 18.6. The summed E-state index contributed by atoms with van der Waals surface area (Å²) in [6.45, 7) is 8.12. The molecule has 0 spiro atoms. The van der Waals surface area contributed by atoms with Gasteiger partial charge in [-0.3, -0.25) is 9.69 Å². The van der Waals surface area contributed by atoms with Crippen molar-refractivity contribution in [3.63, 3.8) is 0 Å². The second-order valence-electron chi connectivity index (χ2n) is 9.27. The van der Waals surface area contributed by atoms with Crippen molar-refractivity contribution < 1.29 is 18.7 Å². The lowest BCUT2D eigenvalue weighted by atomic mass is 9.88. The van der Waals surface area contributed by atoms with Gasteiger partial charge in [-0.05, 0) is 76.4 Å². The van der Waals surface area contributed by atoms with E-state index in [-0.39, 0.29) is 5.97 Å². The van der Waals surface area contributed by atoms with Crippen molar-refractivity contribution in [2.24, 2.45) is 0 Å². The summed E-state index contributed by atoms with van der Waals surface area (Å²) >= 11 is 0. The van der Waals surface area contributed by atoms with Gasteiger partial charge < -0.3 is 13.9 Å². The molecule has 1 unspecified atom stereocenters. The van der Waals surface area contributed by atoms with Crippen molar-refractivity contribution >= 4 is 5.97 Å². The Hall–Kier alpha value is -3.12. The van der Waals surface area contributed by atoms with E-state index in [1.807, 2.05) is 38.1 Å². The van der Waals surface area contributed by atoms with Crippen LogP contribution in [-0.2, 0) is 22.5 Å². The average Bonchev–Trinajstić information content (AvgIpc) is 3.22. The molecule has 0 amide bonds. The highest BCUT2D eigenvalue weighted by Gasteiger charge is 2.42. The molecular formula is C28H34N2O4. The summed E-state index contributed by atoms with van der Waals surface area (Å²) in [5, 5.41) is 0. The van der Waals surface area contributed by atoms with Gasteiger partial charge in [-0.1, -0.05) is 29.8 Å². The van der Waals surface area contributed by atoms with Crippen LogP contribution in [0.2, 0.25) is 0 Å². The second kappa shape index (κ2) is 10.4. The third kappa shape index (κ3) is 5.33. The summed E-state index contributed by atoms with van der Waals surface area (Å²) < 4.78 is 16.9. The summed E-state index contributed by atoms with van der Waals surface area (Å²) in [6, 6.07) is 16.3.